The number of methoxy groups -OCH3 is 1. The van der Waals surface area contributed by atoms with E-state index in [9.17, 15) is 4.79 Å². The van der Waals surface area contributed by atoms with Gasteiger partial charge in [-0.3, -0.25) is 4.79 Å². The number of rotatable bonds is 5. The summed E-state index contributed by atoms with van der Waals surface area (Å²) in [5.74, 6) is 0.580. The lowest BCUT2D eigenvalue weighted by molar-refractivity contribution is 0.102. The van der Waals surface area contributed by atoms with Crippen molar-refractivity contribution in [3.63, 3.8) is 0 Å². The van der Waals surface area contributed by atoms with E-state index in [1.807, 2.05) is 51.1 Å². The Morgan fingerprint density at radius 1 is 1.00 bits per heavy atom. The Morgan fingerprint density at radius 3 is 2.50 bits per heavy atom. The van der Waals surface area contributed by atoms with Gasteiger partial charge in [0.25, 0.3) is 5.91 Å². The van der Waals surface area contributed by atoms with Crippen LogP contribution in [0.5, 0.6) is 5.75 Å². The lowest BCUT2D eigenvalue weighted by Gasteiger charge is -2.12. The number of aryl methyl sites for hydroxylation is 3. The topological polar surface area (TPSA) is 76.1 Å². The Bertz CT molecular complexity index is 1040. The molecule has 2 aromatic carbocycles. The van der Waals surface area contributed by atoms with Gasteiger partial charge in [-0.25, -0.2) is 9.97 Å². The molecule has 3 rings (SSSR count). The molecule has 0 atom stereocenters. The standard InChI is InChI=1S/C21H21ClN4O2/c1-12-5-8-19(28-4)17(9-12)24-20(27)18-11-14(3)23-21(26-18)25-16-7-6-15(22)10-13(16)2/h5-11H,1-4H3,(H,24,27)(H,23,25,26). The van der Waals surface area contributed by atoms with E-state index >= 15 is 0 Å². The fourth-order valence-corrected chi connectivity index (χ4v) is 2.96. The molecule has 0 bridgehead atoms. The molecule has 144 valence electrons. The maximum Gasteiger partial charge on any atom is 0.274 e. The van der Waals surface area contributed by atoms with Crippen LogP contribution in [-0.2, 0) is 0 Å². The van der Waals surface area contributed by atoms with Crippen molar-refractivity contribution in [2.75, 3.05) is 17.7 Å². The average molecular weight is 397 g/mol. The van der Waals surface area contributed by atoms with Crippen LogP contribution in [0.1, 0.15) is 27.3 Å². The van der Waals surface area contributed by atoms with E-state index in [4.69, 9.17) is 16.3 Å². The zero-order valence-electron chi connectivity index (χ0n) is 16.1. The number of anilines is 3. The summed E-state index contributed by atoms with van der Waals surface area (Å²) < 4.78 is 5.32. The fraction of sp³-hybridized carbons (Fsp3) is 0.190. The van der Waals surface area contributed by atoms with Crippen LogP contribution in [0.15, 0.2) is 42.5 Å². The molecule has 1 amide bonds. The Balaban J connectivity index is 1.86. The molecule has 1 heterocycles. The Labute approximate surface area is 168 Å². The van der Waals surface area contributed by atoms with Gasteiger partial charge in [-0.15, -0.1) is 0 Å². The second-order valence-electron chi connectivity index (χ2n) is 6.46. The van der Waals surface area contributed by atoms with Crippen molar-refractivity contribution in [1.82, 2.24) is 9.97 Å². The maximum absolute atomic E-state index is 12.8. The summed E-state index contributed by atoms with van der Waals surface area (Å²) in [6.07, 6.45) is 0. The van der Waals surface area contributed by atoms with Crippen molar-refractivity contribution >= 4 is 34.8 Å². The molecule has 0 fully saturated rings. The number of carbonyl (C=O) groups excluding carboxylic acids is 1. The van der Waals surface area contributed by atoms with Crippen LogP contribution in [-0.4, -0.2) is 23.0 Å². The molecule has 0 saturated heterocycles. The number of ether oxygens (including phenoxy) is 1. The van der Waals surface area contributed by atoms with E-state index in [0.29, 0.717) is 28.1 Å². The number of amides is 1. The van der Waals surface area contributed by atoms with Crippen molar-refractivity contribution in [2.24, 2.45) is 0 Å². The minimum atomic E-state index is -0.342. The van der Waals surface area contributed by atoms with E-state index in [1.165, 1.54) is 0 Å². The summed E-state index contributed by atoms with van der Waals surface area (Å²) in [7, 11) is 1.56. The van der Waals surface area contributed by atoms with Crippen LogP contribution < -0.4 is 15.4 Å². The molecular weight excluding hydrogens is 376 g/mol. The number of hydrogen-bond acceptors (Lipinski definition) is 5. The van der Waals surface area contributed by atoms with Crippen molar-refractivity contribution < 1.29 is 9.53 Å². The van der Waals surface area contributed by atoms with E-state index in [1.54, 1.807) is 19.2 Å². The quantitative estimate of drug-likeness (QED) is 0.630. The zero-order chi connectivity index (χ0) is 20.3. The van der Waals surface area contributed by atoms with Crippen LogP contribution in [0.2, 0.25) is 5.02 Å². The third-order valence-corrected chi connectivity index (χ3v) is 4.36. The first-order valence-electron chi connectivity index (χ1n) is 8.70. The number of nitrogens with zero attached hydrogens (tertiary/aromatic N) is 2. The normalized spacial score (nSPS) is 10.5. The molecule has 0 saturated carbocycles. The third-order valence-electron chi connectivity index (χ3n) is 4.12. The molecule has 0 aliphatic carbocycles. The van der Waals surface area contributed by atoms with E-state index in [-0.39, 0.29) is 11.6 Å². The van der Waals surface area contributed by atoms with Crippen LogP contribution >= 0.6 is 11.6 Å². The monoisotopic (exact) mass is 396 g/mol. The van der Waals surface area contributed by atoms with Gasteiger partial charge in [0.05, 0.1) is 12.8 Å². The third kappa shape index (κ3) is 4.58. The minimum absolute atomic E-state index is 0.255. The Hall–Kier alpha value is -3.12. The second-order valence-corrected chi connectivity index (χ2v) is 6.90. The van der Waals surface area contributed by atoms with Crippen molar-refractivity contribution in [3.8, 4) is 5.75 Å². The molecule has 0 spiro atoms. The van der Waals surface area contributed by atoms with Crippen LogP contribution in [0.4, 0.5) is 17.3 Å². The SMILES string of the molecule is COc1ccc(C)cc1NC(=O)c1cc(C)nc(Nc2ccc(Cl)cc2C)n1. The molecule has 7 heteroatoms. The summed E-state index contributed by atoms with van der Waals surface area (Å²) in [4.78, 5) is 21.5. The molecule has 6 nitrogen and oxygen atoms in total. The first-order chi connectivity index (χ1) is 13.4. The first-order valence-corrected chi connectivity index (χ1v) is 9.08. The van der Waals surface area contributed by atoms with Crippen molar-refractivity contribution in [2.45, 2.75) is 20.8 Å². The Kier molecular flexibility index (Phi) is 5.80. The molecule has 0 radical (unpaired) electrons. The predicted octanol–water partition coefficient (Wildman–Crippen LogP) is 5.06. The van der Waals surface area contributed by atoms with Gasteiger partial charge in [-0.05, 0) is 68.3 Å². The molecule has 1 aromatic heterocycles. The van der Waals surface area contributed by atoms with Crippen LogP contribution in [0, 0.1) is 20.8 Å². The first kappa shape index (κ1) is 19.6. The summed E-state index contributed by atoms with van der Waals surface area (Å²) in [6.45, 7) is 5.69. The summed E-state index contributed by atoms with van der Waals surface area (Å²) >= 11 is 6.00. The molecule has 0 unspecified atom stereocenters. The molecular formula is C21H21ClN4O2. The van der Waals surface area contributed by atoms with Crippen molar-refractivity contribution in [1.29, 1.82) is 0 Å². The average Bonchev–Trinajstić information content (AvgIpc) is 2.64. The molecule has 2 N–H and O–H groups in total. The summed E-state index contributed by atoms with van der Waals surface area (Å²) in [6, 6.07) is 12.7. The van der Waals surface area contributed by atoms with E-state index in [2.05, 4.69) is 20.6 Å². The molecule has 0 aliphatic heterocycles. The van der Waals surface area contributed by atoms with Crippen molar-refractivity contribution in [3.05, 3.63) is 70.0 Å². The van der Waals surface area contributed by atoms with Gasteiger partial charge in [-0.1, -0.05) is 17.7 Å². The number of aromatic nitrogens is 2. The lowest BCUT2D eigenvalue weighted by atomic mass is 10.2. The molecule has 28 heavy (non-hydrogen) atoms. The highest BCUT2D eigenvalue weighted by atomic mass is 35.5. The highest BCUT2D eigenvalue weighted by Crippen LogP contribution is 2.26. The predicted molar refractivity (Wildman–Crippen MR) is 112 cm³/mol. The van der Waals surface area contributed by atoms with Crippen LogP contribution in [0.25, 0.3) is 0 Å². The van der Waals surface area contributed by atoms with Gasteiger partial charge in [0.2, 0.25) is 5.95 Å². The number of benzene rings is 2. The summed E-state index contributed by atoms with van der Waals surface area (Å²) in [5.41, 5.74) is 4.30. The van der Waals surface area contributed by atoms with Gasteiger partial charge in [0.1, 0.15) is 11.4 Å². The lowest BCUT2D eigenvalue weighted by Crippen LogP contribution is -2.16. The number of carbonyl (C=O) groups is 1. The number of nitrogens with one attached hydrogen (secondary N) is 2. The molecule has 0 aliphatic rings. The highest BCUT2D eigenvalue weighted by Gasteiger charge is 2.14. The van der Waals surface area contributed by atoms with Gasteiger partial charge < -0.3 is 15.4 Å². The number of hydrogen-bond donors (Lipinski definition) is 2. The van der Waals surface area contributed by atoms with Gasteiger partial charge in [-0.2, -0.15) is 0 Å². The zero-order valence-corrected chi connectivity index (χ0v) is 16.9. The van der Waals surface area contributed by atoms with E-state index in [0.717, 1.165) is 16.8 Å². The smallest absolute Gasteiger partial charge is 0.274 e. The fourth-order valence-electron chi connectivity index (χ4n) is 2.73. The van der Waals surface area contributed by atoms with Crippen LogP contribution in [0.3, 0.4) is 0 Å². The highest BCUT2D eigenvalue weighted by molar-refractivity contribution is 6.30. The van der Waals surface area contributed by atoms with Gasteiger partial charge in [0.15, 0.2) is 0 Å². The Morgan fingerprint density at radius 2 is 1.79 bits per heavy atom. The summed E-state index contributed by atoms with van der Waals surface area (Å²) in [5, 5.41) is 6.65. The van der Waals surface area contributed by atoms with Gasteiger partial charge >= 0.3 is 0 Å². The maximum atomic E-state index is 12.8. The van der Waals surface area contributed by atoms with Gasteiger partial charge in [0, 0.05) is 16.4 Å². The van der Waals surface area contributed by atoms with E-state index < -0.39 is 0 Å². The number of halogens is 1. The largest absolute Gasteiger partial charge is 0.495 e. The minimum Gasteiger partial charge on any atom is -0.495 e. The molecule has 3 aromatic rings. The second kappa shape index (κ2) is 8.27.